The molecule has 0 radical (unpaired) electrons. The molecule has 0 spiro atoms. The van der Waals surface area contributed by atoms with Crippen molar-refractivity contribution < 1.29 is 31.1 Å². The molecule has 4 aromatic rings. The van der Waals surface area contributed by atoms with Gasteiger partial charge in [0.05, 0.1) is 30.1 Å². The number of anilines is 3. The van der Waals surface area contributed by atoms with E-state index in [1.807, 2.05) is 0 Å². The second kappa shape index (κ2) is 10.0. The zero-order valence-corrected chi connectivity index (χ0v) is 18.0. The number of carbonyl (C=O) groups is 1. The predicted octanol–water partition coefficient (Wildman–Crippen LogP) is 5.21. The van der Waals surface area contributed by atoms with Crippen LogP contribution in [0.1, 0.15) is 17.7 Å². The number of hydrogen-bond donors (Lipinski definition) is 2. The lowest BCUT2D eigenvalue weighted by molar-refractivity contribution is -0.137. The molecule has 186 valence electrons. The van der Waals surface area contributed by atoms with Crippen LogP contribution in [0.15, 0.2) is 61.3 Å². The van der Waals surface area contributed by atoms with E-state index in [1.165, 1.54) is 30.7 Å². The van der Waals surface area contributed by atoms with Crippen LogP contribution < -0.4 is 10.6 Å². The first-order chi connectivity index (χ1) is 17.1. The topological polar surface area (TPSA) is 97.6 Å². The van der Waals surface area contributed by atoms with Crippen molar-refractivity contribution in [3.8, 4) is 11.1 Å². The smallest absolute Gasteiger partial charge is 0.321 e. The van der Waals surface area contributed by atoms with Crippen LogP contribution in [0.5, 0.6) is 0 Å². The Bertz CT molecular complexity index is 1370. The van der Waals surface area contributed by atoms with Gasteiger partial charge in [-0.15, -0.1) is 0 Å². The minimum Gasteiger partial charge on any atom is -0.321 e. The van der Waals surface area contributed by atoms with Crippen molar-refractivity contribution in [2.45, 2.75) is 19.1 Å². The number of alkyl halides is 5. The summed E-state index contributed by atoms with van der Waals surface area (Å²) < 4.78 is 78.7. The van der Waals surface area contributed by atoms with Crippen LogP contribution in [0, 0.1) is 5.82 Å². The van der Waals surface area contributed by atoms with E-state index in [9.17, 15) is 31.1 Å². The largest absolute Gasteiger partial charge is 0.416 e. The molecule has 0 aliphatic heterocycles. The Hall–Kier alpha value is -4.49. The molecule has 0 aliphatic carbocycles. The monoisotopic (exact) mass is 507 g/mol. The highest BCUT2D eigenvalue weighted by Crippen LogP contribution is 2.30. The van der Waals surface area contributed by atoms with Gasteiger partial charge in [-0.2, -0.15) is 27.1 Å². The highest BCUT2D eigenvalue weighted by Gasteiger charge is 2.30. The molecule has 0 atom stereocenters. The number of rotatable bonds is 7. The van der Waals surface area contributed by atoms with Gasteiger partial charge in [0.2, 0.25) is 11.9 Å². The Morgan fingerprint density at radius 2 is 1.78 bits per heavy atom. The third-order valence-electron chi connectivity index (χ3n) is 4.77. The summed E-state index contributed by atoms with van der Waals surface area (Å²) in [4.78, 5) is 23.9. The van der Waals surface area contributed by atoms with Gasteiger partial charge >= 0.3 is 12.7 Å². The molecule has 3 aromatic heterocycles. The van der Waals surface area contributed by atoms with Gasteiger partial charge in [0.25, 0.3) is 0 Å². The molecule has 4 rings (SSSR count). The summed E-state index contributed by atoms with van der Waals surface area (Å²) in [6, 6.07) is 5.46. The number of amides is 1. The van der Waals surface area contributed by atoms with E-state index >= 15 is 0 Å². The molecule has 0 fully saturated rings. The quantitative estimate of drug-likeness (QED) is 0.333. The van der Waals surface area contributed by atoms with Crippen molar-refractivity contribution in [2.24, 2.45) is 0 Å². The number of hydrogen-bond acceptors (Lipinski definition) is 6. The van der Waals surface area contributed by atoms with Crippen LogP contribution in [0.25, 0.3) is 11.1 Å². The molecule has 0 saturated heterocycles. The zero-order valence-electron chi connectivity index (χ0n) is 18.0. The fourth-order valence-corrected chi connectivity index (χ4v) is 3.12. The molecule has 1 amide bonds. The van der Waals surface area contributed by atoms with Gasteiger partial charge in [0, 0.05) is 29.7 Å². The number of carbonyl (C=O) groups excluding carboxylic acids is 1. The maximum atomic E-state index is 14.7. The number of nitrogens with one attached hydrogen (secondary N) is 2. The Balaban J connectivity index is 1.40. The normalized spacial score (nSPS) is 11.5. The van der Waals surface area contributed by atoms with Crippen LogP contribution >= 0.6 is 0 Å². The summed E-state index contributed by atoms with van der Waals surface area (Å²) >= 11 is 0. The third-order valence-corrected chi connectivity index (χ3v) is 4.77. The van der Waals surface area contributed by atoms with Crippen LogP contribution in [0.4, 0.5) is 43.8 Å². The SMILES string of the molecule is O=C(Cc1ccc(-c2cnc(Nc3cnn(C(F)F)c3)nc2)c(F)c1)Nc1cc(C(F)(F)F)ccn1. The maximum absolute atomic E-state index is 14.7. The molecular weight excluding hydrogens is 492 g/mol. The van der Waals surface area contributed by atoms with Gasteiger partial charge < -0.3 is 10.6 Å². The minimum atomic E-state index is -4.59. The Kier molecular flexibility index (Phi) is 6.85. The molecule has 8 nitrogen and oxygen atoms in total. The average molecular weight is 507 g/mol. The van der Waals surface area contributed by atoms with Gasteiger partial charge in [-0.1, -0.05) is 12.1 Å². The van der Waals surface area contributed by atoms with E-state index in [-0.39, 0.29) is 35.0 Å². The van der Waals surface area contributed by atoms with Gasteiger partial charge in [0.1, 0.15) is 11.6 Å². The molecule has 1 aromatic carbocycles. The molecule has 0 saturated carbocycles. The number of pyridine rings is 1. The molecular formula is C22H15F6N7O. The molecule has 14 heteroatoms. The Morgan fingerprint density at radius 1 is 1.03 bits per heavy atom. The first-order valence-electron chi connectivity index (χ1n) is 10.1. The summed E-state index contributed by atoms with van der Waals surface area (Å²) in [7, 11) is 0. The number of halogens is 6. The fraction of sp³-hybridized carbons (Fsp3) is 0.136. The van der Waals surface area contributed by atoms with Crippen molar-refractivity contribution >= 4 is 23.4 Å². The maximum Gasteiger partial charge on any atom is 0.416 e. The molecule has 2 N–H and O–H groups in total. The summed E-state index contributed by atoms with van der Waals surface area (Å²) in [5, 5.41) is 8.42. The van der Waals surface area contributed by atoms with Crippen molar-refractivity contribution in [2.75, 3.05) is 10.6 Å². The van der Waals surface area contributed by atoms with Crippen molar-refractivity contribution in [1.82, 2.24) is 24.7 Å². The van der Waals surface area contributed by atoms with Gasteiger partial charge in [-0.3, -0.25) is 4.79 Å². The van der Waals surface area contributed by atoms with Crippen LogP contribution in [0.3, 0.4) is 0 Å². The lowest BCUT2D eigenvalue weighted by atomic mass is 10.0. The van der Waals surface area contributed by atoms with E-state index in [1.54, 1.807) is 0 Å². The lowest BCUT2D eigenvalue weighted by Gasteiger charge is -2.10. The molecule has 0 unspecified atom stereocenters. The van der Waals surface area contributed by atoms with Gasteiger partial charge in [-0.05, 0) is 23.8 Å². The van der Waals surface area contributed by atoms with Crippen LogP contribution in [-0.4, -0.2) is 30.6 Å². The summed E-state index contributed by atoms with van der Waals surface area (Å²) in [6.45, 7) is -2.79. The van der Waals surface area contributed by atoms with E-state index in [4.69, 9.17) is 0 Å². The first-order valence-corrected chi connectivity index (χ1v) is 10.1. The number of nitrogens with zero attached hydrogens (tertiary/aromatic N) is 5. The van der Waals surface area contributed by atoms with E-state index in [0.717, 1.165) is 24.5 Å². The minimum absolute atomic E-state index is 0.0736. The summed E-state index contributed by atoms with van der Waals surface area (Å²) in [5.74, 6) is -1.56. The third kappa shape index (κ3) is 5.95. The van der Waals surface area contributed by atoms with E-state index in [0.29, 0.717) is 16.3 Å². The highest BCUT2D eigenvalue weighted by molar-refractivity contribution is 5.91. The summed E-state index contributed by atoms with van der Waals surface area (Å²) in [5.41, 5.74) is -0.00991. The molecule has 0 aliphatic rings. The predicted molar refractivity (Wildman–Crippen MR) is 116 cm³/mol. The van der Waals surface area contributed by atoms with Crippen LogP contribution in [-0.2, 0) is 17.4 Å². The number of benzene rings is 1. The van der Waals surface area contributed by atoms with Crippen molar-refractivity contribution in [3.63, 3.8) is 0 Å². The Labute approximate surface area is 199 Å². The molecule has 36 heavy (non-hydrogen) atoms. The van der Waals surface area contributed by atoms with Gasteiger partial charge in [-0.25, -0.2) is 24.0 Å². The number of aromatic nitrogens is 5. The summed E-state index contributed by atoms with van der Waals surface area (Å²) in [6.07, 6.45) is 0.901. The second-order valence-electron chi connectivity index (χ2n) is 7.37. The van der Waals surface area contributed by atoms with E-state index < -0.39 is 30.0 Å². The standard InChI is InChI=1S/C22H15F6N7O/c23-17-5-12(6-19(36)34-18-7-14(3-4-29-18)22(26,27)28)1-2-16(17)13-8-30-21(31-9-13)33-15-10-32-35(11-15)20(24)25/h1-5,7-11,20H,6H2,(H,29,34,36)(H,30,31,33). The first kappa shape index (κ1) is 24.6. The Morgan fingerprint density at radius 3 is 2.42 bits per heavy atom. The van der Waals surface area contributed by atoms with Crippen molar-refractivity contribution in [3.05, 3.63) is 78.3 Å². The molecule has 3 heterocycles. The highest BCUT2D eigenvalue weighted by atomic mass is 19.4. The van der Waals surface area contributed by atoms with Crippen molar-refractivity contribution in [1.29, 1.82) is 0 Å². The fourth-order valence-electron chi connectivity index (χ4n) is 3.12. The zero-order chi connectivity index (χ0) is 25.9. The van der Waals surface area contributed by atoms with Crippen LogP contribution in [0.2, 0.25) is 0 Å². The molecule has 0 bridgehead atoms. The lowest BCUT2D eigenvalue weighted by Crippen LogP contribution is -2.16. The van der Waals surface area contributed by atoms with E-state index in [2.05, 4.69) is 30.7 Å². The van der Waals surface area contributed by atoms with Gasteiger partial charge in [0.15, 0.2) is 0 Å². The second-order valence-corrected chi connectivity index (χ2v) is 7.37. The average Bonchev–Trinajstić information content (AvgIpc) is 3.28.